The summed E-state index contributed by atoms with van der Waals surface area (Å²) in [5.74, 6) is -0.151. The number of carbonyl (C=O) groups is 2. The summed E-state index contributed by atoms with van der Waals surface area (Å²) in [7, 11) is 0. The molecule has 0 aromatic rings. The highest BCUT2D eigenvalue weighted by Crippen LogP contribution is 2.39. The van der Waals surface area contributed by atoms with Gasteiger partial charge in [0.1, 0.15) is 0 Å². The molecule has 0 aliphatic heterocycles. The van der Waals surface area contributed by atoms with Crippen molar-refractivity contribution in [1.29, 1.82) is 0 Å². The monoisotopic (exact) mass is 306 g/mol. The van der Waals surface area contributed by atoms with Gasteiger partial charge in [-0.2, -0.15) is 0 Å². The number of hydrogen-bond acceptors (Lipinski definition) is 4. The van der Waals surface area contributed by atoms with Crippen molar-refractivity contribution in [2.24, 2.45) is 17.8 Å². The van der Waals surface area contributed by atoms with E-state index in [4.69, 9.17) is 0 Å². The van der Waals surface area contributed by atoms with Gasteiger partial charge in [-0.15, -0.1) is 0 Å². The van der Waals surface area contributed by atoms with Crippen molar-refractivity contribution in [2.75, 3.05) is 0 Å². The van der Waals surface area contributed by atoms with Crippen molar-refractivity contribution >= 4 is 11.6 Å². The Bertz CT molecular complexity index is 495. The predicted molar refractivity (Wildman–Crippen MR) is 84.5 cm³/mol. The van der Waals surface area contributed by atoms with Gasteiger partial charge in [0.05, 0.1) is 11.5 Å². The zero-order chi connectivity index (χ0) is 16.4. The lowest BCUT2D eigenvalue weighted by Crippen LogP contribution is -2.30. The van der Waals surface area contributed by atoms with Gasteiger partial charge >= 0.3 is 0 Å². The summed E-state index contributed by atoms with van der Waals surface area (Å²) in [5, 5.41) is 20.6. The van der Waals surface area contributed by atoms with Crippen LogP contribution in [0.1, 0.15) is 59.3 Å². The molecule has 0 spiro atoms. The second-order valence-corrected chi connectivity index (χ2v) is 6.94. The molecule has 0 radical (unpaired) electrons. The van der Waals surface area contributed by atoms with Crippen molar-refractivity contribution in [2.45, 2.75) is 59.3 Å². The zero-order valence-corrected chi connectivity index (χ0v) is 13.7. The molecule has 22 heavy (non-hydrogen) atoms. The normalized spacial score (nSPS) is 27.1. The average Bonchev–Trinajstić information content (AvgIpc) is 2.36. The van der Waals surface area contributed by atoms with E-state index in [-0.39, 0.29) is 34.9 Å². The van der Waals surface area contributed by atoms with Crippen LogP contribution in [0.3, 0.4) is 0 Å². The number of aliphatic hydroxyl groups excluding tert-OH is 2. The minimum Gasteiger partial charge on any atom is -0.512 e. The van der Waals surface area contributed by atoms with Crippen molar-refractivity contribution in [3.8, 4) is 0 Å². The zero-order valence-electron chi connectivity index (χ0n) is 13.7. The van der Waals surface area contributed by atoms with Gasteiger partial charge in [-0.25, -0.2) is 0 Å². The standard InChI is InChI=1S/C18H26O4/c1-4-5-12(17-13(19)6-10(2)7-14(17)20)18-15(21)8-11(3)9-16(18)22/h10-12,19,21H,4-9H2,1-3H3/t10-,11-/m0/s1. The molecular formula is C18H26O4. The Hall–Kier alpha value is -1.58. The molecule has 0 amide bonds. The van der Waals surface area contributed by atoms with E-state index < -0.39 is 5.92 Å². The first-order valence-corrected chi connectivity index (χ1v) is 8.25. The van der Waals surface area contributed by atoms with Crippen LogP contribution in [0.25, 0.3) is 0 Å². The van der Waals surface area contributed by atoms with Gasteiger partial charge in [0.15, 0.2) is 11.6 Å². The Morgan fingerprint density at radius 3 is 1.64 bits per heavy atom. The van der Waals surface area contributed by atoms with E-state index in [1.165, 1.54) is 0 Å². The van der Waals surface area contributed by atoms with Gasteiger partial charge in [0.25, 0.3) is 0 Å². The highest BCUT2D eigenvalue weighted by Gasteiger charge is 2.37. The van der Waals surface area contributed by atoms with Crippen LogP contribution in [-0.4, -0.2) is 21.8 Å². The Labute approximate surface area is 131 Å². The molecule has 0 unspecified atom stereocenters. The maximum absolute atomic E-state index is 12.4. The number of rotatable bonds is 4. The van der Waals surface area contributed by atoms with Crippen molar-refractivity contribution < 1.29 is 19.8 Å². The van der Waals surface area contributed by atoms with Crippen LogP contribution in [0, 0.1) is 17.8 Å². The first-order chi connectivity index (χ1) is 10.3. The van der Waals surface area contributed by atoms with Crippen LogP contribution < -0.4 is 0 Å². The van der Waals surface area contributed by atoms with E-state index in [1.807, 2.05) is 20.8 Å². The Morgan fingerprint density at radius 2 is 1.32 bits per heavy atom. The van der Waals surface area contributed by atoms with Crippen LogP contribution >= 0.6 is 0 Å². The smallest absolute Gasteiger partial charge is 0.163 e. The molecule has 0 saturated heterocycles. The van der Waals surface area contributed by atoms with E-state index in [9.17, 15) is 19.8 Å². The summed E-state index contributed by atoms with van der Waals surface area (Å²) in [4.78, 5) is 24.8. The third-order valence-electron chi connectivity index (χ3n) is 4.65. The van der Waals surface area contributed by atoms with Crippen LogP contribution in [0.5, 0.6) is 0 Å². The molecule has 0 aromatic carbocycles. The fourth-order valence-corrected chi connectivity index (χ4v) is 3.71. The molecule has 0 heterocycles. The van der Waals surface area contributed by atoms with Crippen LogP contribution in [-0.2, 0) is 9.59 Å². The second-order valence-electron chi connectivity index (χ2n) is 6.94. The number of Topliss-reactive ketones (excluding diaryl/α,β-unsaturated/α-hetero) is 2. The highest BCUT2D eigenvalue weighted by atomic mass is 16.3. The third kappa shape index (κ3) is 3.26. The molecule has 2 atom stereocenters. The molecule has 2 aliphatic carbocycles. The van der Waals surface area contributed by atoms with E-state index in [1.54, 1.807) is 0 Å². The van der Waals surface area contributed by atoms with E-state index in [0.29, 0.717) is 43.3 Å². The van der Waals surface area contributed by atoms with Gasteiger partial charge in [0.2, 0.25) is 0 Å². The maximum Gasteiger partial charge on any atom is 0.163 e. The number of ketones is 2. The topological polar surface area (TPSA) is 74.6 Å². The molecule has 0 aromatic heterocycles. The fourth-order valence-electron chi connectivity index (χ4n) is 3.71. The van der Waals surface area contributed by atoms with E-state index >= 15 is 0 Å². The number of allylic oxidation sites excluding steroid dienone is 4. The summed E-state index contributed by atoms with van der Waals surface area (Å²) < 4.78 is 0. The molecule has 122 valence electrons. The first-order valence-electron chi connectivity index (χ1n) is 8.25. The van der Waals surface area contributed by atoms with Crippen LogP contribution in [0.2, 0.25) is 0 Å². The van der Waals surface area contributed by atoms with Gasteiger partial charge in [-0.3, -0.25) is 9.59 Å². The summed E-state index contributed by atoms with van der Waals surface area (Å²) in [6, 6.07) is 0. The Morgan fingerprint density at radius 1 is 0.909 bits per heavy atom. The number of aliphatic hydroxyl groups is 2. The van der Waals surface area contributed by atoms with Gasteiger partial charge in [0, 0.05) is 42.7 Å². The van der Waals surface area contributed by atoms with Gasteiger partial charge in [-0.05, 0) is 18.3 Å². The van der Waals surface area contributed by atoms with E-state index in [0.717, 1.165) is 6.42 Å². The van der Waals surface area contributed by atoms with Crippen molar-refractivity contribution in [3.63, 3.8) is 0 Å². The Kier molecular flexibility index (Phi) is 5.09. The first kappa shape index (κ1) is 16.8. The summed E-state index contributed by atoms with van der Waals surface area (Å²) in [6.07, 6.45) is 3.12. The summed E-state index contributed by atoms with van der Waals surface area (Å²) in [6.45, 7) is 5.85. The quantitative estimate of drug-likeness (QED) is 0.822. The SMILES string of the molecule is CCCC(C1=C(O)C[C@H](C)CC1=O)C1=C(O)C[C@H](C)CC1=O. The molecule has 2 N–H and O–H groups in total. The lowest BCUT2D eigenvalue weighted by atomic mass is 9.73. The molecule has 0 saturated carbocycles. The molecule has 4 nitrogen and oxygen atoms in total. The molecule has 2 aliphatic rings. The highest BCUT2D eigenvalue weighted by molar-refractivity contribution is 6.03. The minimum absolute atomic E-state index is 0.0820. The molecular weight excluding hydrogens is 280 g/mol. The van der Waals surface area contributed by atoms with Crippen molar-refractivity contribution in [3.05, 3.63) is 22.7 Å². The molecule has 0 fully saturated rings. The maximum atomic E-state index is 12.4. The molecule has 4 heteroatoms. The lowest BCUT2D eigenvalue weighted by molar-refractivity contribution is -0.118. The van der Waals surface area contributed by atoms with Gasteiger partial charge < -0.3 is 10.2 Å². The fraction of sp³-hybridized carbons (Fsp3) is 0.667. The summed E-state index contributed by atoms with van der Waals surface area (Å²) >= 11 is 0. The number of carbonyl (C=O) groups excluding carboxylic acids is 2. The Balaban J connectivity index is 2.47. The van der Waals surface area contributed by atoms with Gasteiger partial charge in [-0.1, -0.05) is 27.2 Å². The average molecular weight is 306 g/mol. The molecule has 2 rings (SSSR count). The second kappa shape index (κ2) is 6.67. The lowest BCUT2D eigenvalue weighted by Gasteiger charge is -2.30. The van der Waals surface area contributed by atoms with Crippen LogP contribution in [0.4, 0.5) is 0 Å². The third-order valence-corrected chi connectivity index (χ3v) is 4.65. The van der Waals surface area contributed by atoms with Crippen LogP contribution in [0.15, 0.2) is 22.7 Å². The van der Waals surface area contributed by atoms with E-state index in [2.05, 4.69) is 0 Å². The minimum atomic E-state index is -0.454. The summed E-state index contributed by atoms with van der Waals surface area (Å²) in [5.41, 5.74) is 0.730. The largest absolute Gasteiger partial charge is 0.512 e. The number of hydrogen-bond donors (Lipinski definition) is 2. The molecule has 0 bridgehead atoms. The predicted octanol–water partition coefficient (Wildman–Crippen LogP) is 4.02. The van der Waals surface area contributed by atoms with Crippen molar-refractivity contribution in [1.82, 2.24) is 0 Å².